The highest BCUT2D eigenvalue weighted by atomic mass is 32.2. The summed E-state index contributed by atoms with van der Waals surface area (Å²) in [6.45, 7) is 7.60. The lowest BCUT2D eigenvalue weighted by Gasteiger charge is -2.32. The van der Waals surface area contributed by atoms with Crippen molar-refractivity contribution in [3.63, 3.8) is 0 Å². The van der Waals surface area contributed by atoms with Gasteiger partial charge < -0.3 is 14.4 Å². The quantitative estimate of drug-likeness (QED) is 0.769. The Hall–Kier alpha value is -1.65. The largest absolute Gasteiger partial charge is 0.496 e. The van der Waals surface area contributed by atoms with Crippen molar-refractivity contribution in [2.24, 2.45) is 0 Å². The normalized spacial score (nSPS) is 19.9. The molecule has 0 saturated carbocycles. The van der Waals surface area contributed by atoms with Crippen LogP contribution in [-0.4, -0.2) is 42.9 Å². The number of nitrogens with zero attached hydrogens (tertiary/aromatic N) is 1. The van der Waals surface area contributed by atoms with Gasteiger partial charge >= 0.3 is 13.2 Å². The van der Waals surface area contributed by atoms with Crippen molar-refractivity contribution in [1.82, 2.24) is 9.71 Å². The maximum atomic E-state index is 11.7. The van der Waals surface area contributed by atoms with Crippen LogP contribution in [0.5, 0.6) is 0 Å². The van der Waals surface area contributed by atoms with E-state index < -0.39 is 39.5 Å². The van der Waals surface area contributed by atoms with Gasteiger partial charge in [-0.25, -0.2) is 14.5 Å². The first-order chi connectivity index (χ1) is 9.95. The van der Waals surface area contributed by atoms with Crippen molar-refractivity contribution in [1.29, 1.82) is 0 Å². The molecule has 2 rings (SSSR count). The molecule has 1 fully saturated rings. The summed E-state index contributed by atoms with van der Waals surface area (Å²) < 4.78 is 36.4. The van der Waals surface area contributed by atoms with Crippen molar-refractivity contribution in [3.05, 3.63) is 18.3 Å². The van der Waals surface area contributed by atoms with Crippen LogP contribution < -0.4 is 10.2 Å². The minimum Gasteiger partial charge on any atom is -0.464 e. The first-order valence-corrected chi connectivity index (χ1v) is 8.00. The van der Waals surface area contributed by atoms with Crippen LogP contribution in [0.25, 0.3) is 0 Å². The third-order valence-corrected chi connectivity index (χ3v) is 5.02. The Labute approximate surface area is 129 Å². The number of carbonyl (C=O) groups is 1. The Bertz CT molecular complexity index is 670. The van der Waals surface area contributed by atoms with E-state index >= 15 is 0 Å². The zero-order chi connectivity index (χ0) is 16.8. The number of carboxylic acid groups (broad SMARTS) is 1. The molecule has 120 valence electrons. The fourth-order valence-electron chi connectivity index (χ4n) is 1.84. The molecule has 0 aromatic carbocycles. The molecular weight excluding hydrogens is 311 g/mol. The van der Waals surface area contributed by atoms with Gasteiger partial charge in [-0.05, 0) is 33.8 Å². The molecule has 22 heavy (non-hydrogen) atoms. The van der Waals surface area contributed by atoms with E-state index in [0.29, 0.717) is 5.46 Å². The smallest absolute Gasteiger partial charge is 0.464 e. The standard InChI is InChI=1S/C12H17BN2O6S/c1-11(2)12(3,4)21-13(20-11)8-5-6-9(14-7-8)22(18,19)15-10(16)17/h5-7,15H,1-4H3,(H,16,17). The molecule has 0 atom stereocenters. The van der Waals surface area contributed by atoms with Crippen LogP contribution in [0.15, 0.2) is 23.4 Å². The van der Waals surface area contributed by atoms with E-state index in [-0.39, 0.29) is 0 Å². The highest BCUT2D eigenvalue weighted by Gasteiger charge is 2.51. The topological polar surface area (TPSA) is 115 Å². The minimum absolute atomic E-state index is 0.393. The van der Waals surface area contributed by atoms with Crippen molar-refractivity contribution in [3.8, 4) is 0 Å². The molecule has 2 N–H and O–H groups in total. The number of hydrogen-bond donors (Lipinski definition) is 2. The Morgan fingerprint density at radius 2 is 1.77 bits per heavy atom. The Morgan fingerprint density at radius 1 is 1.23 bits per heavy atom. The average Bonchev–Trinajstić information content (AvgIpc) is 2.57. The summed E-state index contributed by atoms with van der Waals surface area (Å²) >= 11 is 0. The summed E-state index contributed by atoms with van der Waals surface area (Å²) in [4.78, 5) is 14.2. The van der Waals surface area contributed by atoms with E-state index in [1.165, 1.54) is 23.1 Å². The number of pyridine rings is 1. The number of amides is 1. The van der Waals surface area contributed by atoms with Gasteiger partial charge in [-0.3, -0.25) is 0 Å². The van der Waals surface area contributed by atoms with E-state index in [9.17, 15) is 13.2 Å². The molecular formula is C12H17BN2O6S. The molecule has 10 heteroatoms. The molecule has 0 bridgehead atoms. The molecule has 1 aliphatic rings. The first-order valence-electron chi connectivity index (χ1n) is 6.52. The van der Waals surface area contributed by atoms with E-state index in [4.69, 9.17) is 14.4 Å². The highest BCUT2D eigenvalue weighted by molar-refractivity contribution is 7.90. The predicted octanol–water partition coefficient (Wildman–Crippen LogP) is 0.337. The molecule has 1 aromatic rings. The number of hydrogen-bond acceptors (Lipinski definition) is 6. The third kappa shape index (κ3) is 3.08. The van der Waals surface area contributed by atoms with Crippen LogP contribution in [0.3, 0.4) is 0 Å². The molecule has 0 spiro atoms. The number of sulfonamides is 1. The van der Waals surface area contributed by atoms with Crippen LogP contribution in [0, 0.1) is 0 Å². The average molecular weight is 328 g/mol. The van der Waals surface area contributed by atoms with E-state index in [1.54, 1.807) is 0 Å². The van der Waals surface area contributed by atoms with Gasteiger partial charge in [-0.15, -0.1) is 0 Å². The van der Waals surface area contributed by atoms with Crippen molar-refractivity contribution in [2.75, 3.05) is 0 Å². The number of aromatic nitrogens is 1. The second kappa shape index (κ2) is 5.22. The summed E-state index contributed by atoms with van der Waals surface area (Å²) in [5, 5.41) is 8.10. The first kappa shape index (κ1) is 16.7. The van der Waals surface area contributed by atoms with E-state index in [2.05, 4.69) is 4.98 Å². The van der Waals surface area contributed by atoms with Gasteiger partial charge in [-0.1, -0.05) is 6.07 Å². The molecule has 1 saturated heterocycles. The summed E-state index contributed by atoms with van der Waals surface area (Å²) in [5.41, 5.74) is -0.492. The minimum atomic E-state index is -4.19. The summed E-state index contributed by atoms with van der Waals surface area (Å²) in [5.74, 6) is 0. The lowest BCUT2D eigenvalue weighted by Crippen LogP contribution is -2.41. The van der Waals surface area contributed by atoms with Crippen molar-refractivity contribution < 1.29 is 27.6 Å². The predicted molar refractivity (Wildman–Crippen MR) is 78.3 cm³/mol. The fourth-order valence-corrected chi connectivity index (χ4v) is 2.61. The number of nitrogens with one attached hydrogen (secondary N) is 1. The Morgan fingerprint density at radius 3 is 2.18 bits per heavy atom. The molecule has 0 aliphatic carbocycles. The zero-order valence-corrected chi connectivity index (χ0v) is 13.5. The van der Waals surface area contributed by atoms with Crippen LogP contribution in [-0.2, 0) is 19.3 Å². The van der Waals surface area contributed by atoms with Gasteiger partial charge in [0.05, 0.1) is 11.2 Å². The van der Waals surface area contributed by atoms with Gasteiger partial charge in [0, 0.05) is 11.7 Å². The van der Waals surface area contributed by atoms with Crippen molar-refractivity contribution in [2.45, 2.75) is 43.9 Å². The number of rotatable bonds is 3. The van der Waals surface area contributed by atoms with Gasteiger partial charge in [-0.2, -0.15) is 8.42 Å². The summed E-state index contributed by atoms with van der Waals surface area (Å²) in [7, 11) is -4.85. The van der Waals surface area contributed by atoms with Crippen molar-refractivity contribution >= 4 is 28.7 Å². The maximum Gasteiger partial charge on any atom is 0.496 e. The van der Waals surface area contributed by atoms with Crippen LogP contribution in [0.4, 0.5) is 4.79 Å². The van der Waals surface area contributed by atoms with E-state index in [0.717, 1.165) is 0 Å². The SMILES string of the molecule is CC1(C)OB(c2ccc(S(=O)(=O)NC(=O)O)nc2)OC1(C)C. The molecule has 1 aromatic heterocycles. The van der Waals surface area contributed by atoms with Gasteiger partial charge in [0.25, 0.3) is 10.0 Å². The third-order valence-electron chi connectivity index (χ3n) is 3.78. The van der Waals surface area contributed by atoms with Gasteiger partial charge in [0.1, 0.15) is 0 Å². The second-order valence-electron chi connectivity index (χ2n) is 5.93. The molecule has 2 heterocycles. The molecule has 0 radical (unpaired) electrons. The molecule has 1 amide bonds. The lowest BCUT2D eigenvalue weighted by atomic mass is 9.80. The second-order valence-corrected chi connectivity index (χ2v) is 7.56. The molecule has 1 aliphatic heterocycles. The summed E-state index contributed by atoms with van der Waals surface area (Å²) in [6, 6.07) is 2.68. The maximum absolute atomic E-state index is 11.7. The monoisotopic (exact) mass is 328 g/mol. The summed E-state index contributed by atoms with van der Waals surface area (Å²) in [6.07, 6.45) is -0.379. The van der Waals surface area contributed by atoms with Crippen LogP contribution in [0.2, 0.25) is 0 Å². The lowest BCUT2D eigenvalue weighted by molar-refractivity contribution is 0.00578. The van der Waals surface area contributed by atoms with Crippen LogP contribution in [0.1, 0.15) is 27.7 Å². The Kier molecular flexibility index (Phi) is 3.96. The molecule has 8 nitrogen and oxygen atoms in total. The fraction of sp³-hybridized carbons (Fsp3) is 0.500. The van der Waals surface area contributed by atoms with Gasteiger partial charge in [0.15, 0.2) is 5.03 Å². The molecule has 0 unspecified atom stereocenters. The highest BCUT2D eigenvalue weighted by Crippen LogP contribution is 2.36. The van der Waals surface area contributed by atoms with Crippen LogP contribution >= 0.6 is 0 Å². The Balaban J connectivity index is 2.23. The van der Waals surface area contributed by atoms with E-state index in [1.807, 2.05) is 27.7 Å². The van der Waals surface area contributed by atoms with Gasteiger partial charge in [0.2, 0.25) is 0 Å². The zero-order valence-electron chi connectivity index (χ0n) is 12.7.